The molecule has 1 aromatic carbocycles. The van der Waals surface area contributed by atoms with Crippen LogP contribution in [0.5, 0.6) is 0 Å². The molecule has 7 heteroatoms. The summed E-state index contributed by atoms with van der Waals surface area (Å²) in [6.45, 7) is 5.55. The summed E-state index contributed by atoms with van der Waals surface area (Å²) in [5.74, 6) is -0.314. The molecule has 3 aliphatic rings. The van der Waals surface area contributed by atoms with Crippen molar-refractivity contribution in [2.45, 2.75) is 38.6 Å². The number of benzene rings is 1. The Morgan fingerprint density at radius 2 is 2.20 bits per heavy atom. The van der Waals surface area contributed by atoms with E-state index in [1.54, 1.807) is 24.3 Å². The fourth-order valence-electron chi connectivity index (χ4n) is 5.06. The van der Waals surface area contributed by atoms with E-state index >= 15 is 0 Å². The van der Waals surface area contributed by atoms with Gasteiger partial charge in [0.05, 0.1) is 31.0 Å². The SMILES string of the molecule is Cc1ccc(CN2C[C@]34C=C[C@H](O3)[C@H](C(=O)N(C)Cc3ncc[nH]3)[C@H]4C2=O)cc1C. The fourth-order valence-corrected chi connectivity index (χ4v) is 5.06. The number of carbonyl (C=O) groups is 2. The van der Waals surface area contributed by atoms with Crippen LogP contribution in [0.4, 0.5) is 0 Å². The van der Waals surface area contributed by atoms with Gasteiger partial charge >= 0.3 is 0 Å². The summed E-state index contributed by atoms with van der Waals surface area (Å²) in [4.78, 5) is 37.4. The van der Waals surface area contributed by atoms with E-state index in [0.717, 1.165) is 5.56 Å². The number of nitrogens with zero attached hydrogens (tertiary/aromatic N) is 3. The smallest absolute Gasteiger partial charge is 0.230 e. The number of imidazole rings is 1. The standard InChI is InChI=1S/C23H26N4O3/c1-14-4-5-16(10-15(14)2)11-27-13-23-7-6-17(30-23)19(20(23)22(27)29)21(28)26(3)12-18-24-8-9-25-18/h4-10,17,19-20H,11-13H2,1-3H3,(H,24,25)/t17-,19-,20-,23-/m0/s1. The Morgan fingerprint density at radius 1 is 1.37 bits per heavy atom. The monoisotopic (exact) mass is 406 g/mol. The van der Waals surface area contributed by atoms with Gasteiger partial charge < -0.3 is 19.5 Å². The number of hydrogen-bond donors (Lipinski definition) is 1. The molecule has 2 aromatic rings. The van der Waals surface area contributed by atoms with Crippen molar-refractivity contribution in [1.29, 1.82) is 0 Å². The summed E-state index contributed by atoms with van der Waals surface area (Å²) in [5.41, 5.74) is 2.85. The molecule has 156 valence electrons. The highest BCUT2D eigenvalue weighted by Crippen LogP contribution is 2.52. The number of aromatic amines is 1. The molecule has 2 fully saturated rings. The number of ether oxygens (including phenoxy) is 1. The van der Waals surface area contributed by atoms with E-state index < -0.39 is 17.4 Å². The molecule has 30 heavy (non-hydrogen) atoms. The van der Waals surface area contributed by atoms with Gasteiger partial charge in [0.15, 0.2) is 0 Å². The molecule has 0 radical (unpaired) electrons. The predicted octanol–water partition coefficient (Wildman–Crippen LogP) is 1.97. The summed E-state index contributed by atoms with van der Waals surface area (Å²) >= 11 is 0. The van der Waals surface area contributed by atoms with Gasteiger partial charge in [-0.05, 0) is 30.5 Å². The number of H-pyrrole nitrogens is 1. The molecule has 0 unspecified atom stereocenters. The zero-order valence-electron chi connectivity index (χ0n) is 17.5. The molecule has 3 aliphatic heterocycles. The molecule has 4 heterocycles. The fraction of sp³-hybridized carbons (Fsp3) is 0.435. The number of aryl methyl sites for hydroxylation is 2. The van der Waals surface area contributed by atoms with E-state index in [4.69, 9.17) is 4.74 Å². The second kappa shape index (κ2) is 6.80. The van der Waals surface area contributed by atoms with Crippen molar-refractivity contribution in [2.24, 2.45) is 11.8 Å². The van der Waals surface area contributed by atoms with E-state index in [-0.39, 0.29) is 17.9 Å². The summed E-state index contributed by atoms with van der Waals surface area (Å²) in [7, 11) is 1.75. The Balaban J connectivity index is 1.36. The molecule has 1 aromatic heterocycles. The van der Waals surface area contributed by atoms with Crippen molar-refractivity contribution in [3.63, 3.8) is 0 Å². The van der Waals surface area contributed by atoms with Crippen LogP contribution in [0.1, 0.15) is 22.5 Å². The van der Waals surface area contributed by atoms with Gasteiger partial charge in [-0.3, -0.25) is 9.59 Å². The molecule has 2 amide bonds. The predicted molar refractivity (Wildman–Crippen MR) is 110 cm³/mol. The molecule has 2 bridgehead atoms. The maximum Gasteiger partial charge on any atom is 0.230 e. The molecule has 0 saturated carbocycles. The summed E-state index contributed by atoms with van der Waals surface area (Å²) < 4.78 is 6.24. The quantitative estimate of drug-likeness (QED) is 0.770. The van der Waals surface area contributed by atoms with E-state index in [2.05, 4.69) is 42.0 Å². The second-order valence-corrected chi connectivity index (χ2v) is 8.74. The zero-order chi connectivity index (χ0) is 21.0. The average Bonchev–Trinajstić information content (AvgIpc) is 3.47. The number of amides is 2. The number of likely N-dealkylation sites (tertiary alicyclic amines) is 1. The Morgan fingerprint density at radius 3 is 2.93 bits per heavy atom. The molecule has 1 N–H and O–H groups in total. The van der Waals surface area contributed by atoms with E-state index in [1.807, 2.05) is 17.1 Å². The number of hydrogen-bond acceptors (Lipinski definition) is 4. The Labute approximate surface area is 175 Å². The minimum Gasteiger partial charge on any atom is -0.360 e. The van der Waals surface area contributed by atoms with E-state index in [9.17, 15) is 9.59 Å². The molecule has 7 nitrogen and oxygen atoms in total. The van der Waals surface area contributed by atoms with E-state index in [1.165, 1.54) is 11.1 Å². The van der Waals surface area contributed by atoms with Crippen LogP contribution >= 0.6 is 0 Å². The van der Waals surface area contributed by atoms with Crippen LogP contribution in [0.2, 0.25) is 0 Å². The molecule has 1 spiro atoms. The first kappa shape index (κ1) is 19.1. The lowest BCUT2D eigenvalue weighted by molar-refractivity contribution is -0.143. The highest BCUT2D eigenvalue weighted by Gasteiger charge is 2.67. The highest BCUT2D eigenvalue weighted by atomic mass is 16.5. The van der Waals surface area contributed by atoms with Gasteiger partial charge in [0.25, 0.3) is 0 Å². The van der Waals surface area contributed by atoms with Crippen molar-refractivity contribution in [1.82, 2.24) is 19.8 Å². The first-order chi connectivity index (χ1) is 14.4. The van der Waals surface area contributed by atoms with Gasteiger partial charge in [0.2, 0.25) is 11.8 Å². The number of nitrogens with one attached hydrogen (secondary N) is 1. The van der Waals surface area contributed by atoms with Crippen molar-refractivity contribution < 1.29 is 14.3 Å². The van der Waals surface area contributed by atoms with Crippen LogP contribution in [0, 0.1) is 25.7 Å². The lowest BCUT2D eigenvalue weighted by atomic mass is 9.76. The van der Waals surface area contributed by atoms with Crippen molar-refractivity contribution in [3.05, 3.63) is 65.3 Å². The van der Waals surface area contributed by atoms with Crippen LogP contribution in [-0.4, -0.2) is 56.9 Å². The summed E-state index contributed by atoms with van der Waals surface area (Å²) in [5, 5.41) is 0. The number of aromatic nitrogens is 2. The van der Waals surface area contributed by atoms with Gasteiger partial charge in [-0.1, -0.05) is 30.4 Å². The summed E-state index contributed by atoms with van der Waals surface area (Å²) in [6, 6.07) is 6.28. The number of fused-ring (bicyclic) bond motifs is 1. The van der Waals surface area contributed by atoms with Gasteiger partial charge in [-0.2, -0.15) is 0 Å². The van der Waals surface area contributed by atoms with Crippen LogP contribution in [0.3, 0.4) is 0 Å². The zero-order valence-corrected chi connectivity index (χ0v) is 17.5. The van der Waals surface area contributed by atoms with Crippen molar-refractivity contribution in [3.8, 4) is 0 Å². The Bertz CT molecular complexity index is 1030. The maximum atomic E-state index is 13.4. The Hall–Kier alpha value is -2.93. The lowest BCUT2D eigenvalue weighted by Gasteiger charge is -2.27. The molecule has 4 atom stereocenters. The van der Waals surface area contributed by atoms with Crippen LogP contribution in [0.15, 0.2) is 42.7 Å². The minimum absolute atomic E-state index is 0.00447. The van der Waals surface area contributed by atoms with E-state index in [0.29, 0.717) is 25.5 Å². The van der Waals surface area contributed by atoms with Crippen molar-refractivity contribution in [2.75, 3.05) is 13.6 Å². The van der Waals surface area contributed by atoms with Crippen LogP contribution < -0.4 is 0 Å². The lowest BCUT2D eigenvalue weighted by Crippen LogP contribution is -2.44. The summed E-state index contributed by atoms with van der Waals surface area (Å²) in [6.07, 6.45) is 7.01. The molecular weight excluding hydrogens is 380 g/mol. The molecular formula is C23H26N4O3. The number of carbonyl (C=O) groups excluding carboxylic acids is 2. The third-order valence-corrected chi connectivity index (χ3v) is 6.73. The first-order valence-corrected chi connectivity index (χ1v) is 10.3. The normalized spacial score (nSPS) is 29.0. The minimum atomic E-state index is -0.687. The number of rotatable bonds is 5. The molecule has 0 aliphatic carbocycles. The van der Waals surface area contributed by atoms with Gasteiger partial charge in [0.1, 0.15) is 11.4 Å². The average molecular weight is 406 g/mol. The topological polar surface area (TPSA) is 78.5 Å². The second-order valence-electron chi connectivity index (χ2n) is 8.74. The van der Waals surface area contributed by atoms with Crippen molar-refractivity contribution >= 4 is 11.8 Å². The van der Waals surface area contributed by atoms with Gasteiger partial charge in [-0.15, -0.1) is 0 Å². The molecule has 2 saturated heterocycles. The third kappa shape index (κ3) is 2.88. The first-order valence-electron chi connectivity index (χ1n) is 10.3. The van der Waals surface area contributed by atoms with Gasteiger partial charge in [-0.25, -0.2) is 4.98 Å². The van der Waals surface area contributed by atoms with Crippen LogP contribution in [-0.2, 0) is 27.4 Å². The molecule has 5 rings (SSSR count). The highest BCUT2D eigenvalue weighted by molar-refractivity contribution is 5.93. The van der Waals surface area contributed by atoms with Gasteiger partial charge in [0, 0.05) is 26.0 Å². The maximum absolute atomic E-state index is 13.4. The Kier molecular flexibility index (Phi) is 4.32. The third-order valence-electron chi connectivity index (χ3n) is 6.73. The largest absolute Gasteiger partial charge is 0.360 e. The van der Waals surface area contributed by atoms with Crippen LogP contribution in [0.25, 0.3) is 0 Å².